The van der Waals surface area contributed by atoms with Gasteiger partial charge in [0.25, 0.3) is 5.69 Å². The Bertz CT molecular complexity index is 477. The number of nitrogens with two attached hydrogens (primary N) is 1. The lowest BCUT2D eigenvalue weighted by atomic mass is 10.0. The van der Waals surface area contributed by atoms with Crippen molar-refractivity contribution in [2.75, 3.05) is 0 Å². The van der Waals surface area contributed by atoms with Gasteiger partial charge >= 0.3 is 0 Å². The summed E-state index contributed by atoms with van der Waals surface area (Å²) in [6.45, 7) is 0. The smallest absolute Gasteiger partial charge is 0.272 e. The molecule has 1 unspecified atom stereocenters. The van der Waals surface area contributed by atoms with Gasteiger partial charge in [0.1, 0.15) is 0 Å². The molecule has 0 bridgehead atoms. The van der Waals surface area contributed by atoms with Gasteiger partial charge in [-0.1, -0.05) is 24.6 Å². The maximum atomic E-state index is 10.9. The highest BCUT2D eigenvalue weighted by Crippen LogP contribution is 2.23. The van der Waals surface area contributed by atoms with Gasteiger partial charge in [-0.05, 0) is 12.8 Å². The Morgan fingerprint density at radius 3 is 2.84 bits per heavy atom. The zero-order valence-electron chi connectivity index (χ0n) is 10.6. The molecule has 2 rings (SSSR count). The highest BCUT2D eigenvalue weighted by molar-refractivity contribution is 5.85. The lowest BCUT2D eigenvalue weighted by molar-refractivity contribution is -0.385. The predicted octanol–water partition coefficient (Wildman–Crippen LogP) is 2.86. The van der Waals surface area contributed by atoms with Crippen molar-refractivity contribution < 1.29 is 4.92 Å². The van der Waals surface area contributed by atoms with Crippen LogP contribution in [0.2, 0.25) is 0 Å². The summed E-state index contributed by atoms with van der Waals surface area (Å²) in [5.41, 5.74) is 6.71. The minimum atomic E-state index is -0.334. The molecule has 0 radical (unpaired) electrons. The standard InChI is InChI=1S/C13H17N3O2.ClH/c14-13-8-4-2-6-11(15-13)9-10-5-1-3-7-12(10)16(17)18;/h1,3,5,7,11H,2,4,6,8-9H2,(H2,14,15);1H. The minimum absolute atomic E-state index is 0. The summed E-state index contributed by atoms with van der Waals surface area (Å²) in [5, 5.41) is 10.9. The second-order valence-corrected chi connectivity index (χ2v) is 4.61. The topological polar surface area (TPSA) is 81.5 Å². The van der Waals surface area contributed by atoms with E-state index in [1.807, 2.05) is 6.07 Å². The van der Waals surface area contributed by atoms with Gasteiger partial charge in [-0.25, -0.2) is 0 Å². The number of aliphatic imine (C=N–C) groups is 1. The summed E-state index contributed by atoms with van der Waals surface area (Å²) in [7, 11) is 0. The number of nitrogens with zero attached hydrogens (tertiary/aromatic N) is 2. The van der Waals surface area contributed by atoms with Crippen molar-refractivity contribution in [2.24, 2.45) is 10.7 Å². The van der Waals surface area contributed by atoms with E-state index in [4.69, 9.17) is 5.73 Å². The molecule has 0 saturated carbocycles. The Kier molecular flexibility index (Phi) is 5.76. The van der Waals surface area contributed by atoms with Crippen molar-refractivity contribution in [1.29, 1.82) is 0 Å². The van der Waals surface area contributed by atoms with E-state index in [0.29, 0.717) is 12.3 Å². The van der Waals surface area contributed by atoms with Gasteiger partial charge < -0.3 is 5.73 Å². The van der Waals surface area contributed by atoms with Crippen LogP contribution in [0.3, 0.4) is 0 Å². The normalized spacial score (nSPS) is 18.9. The van der Waals surface area contributed by atoms with Gasteiger partial charge in [-0.3, -0.25) is 15.1 Å². The zero-order valence-corrected chi connectivity index (χ0v) is 11.4. The molecule has 2 N–H and O–H groups in total. The third-order valence-electron chi connectivity index (χ3n) is 3.21. The molecule has 0 spiro atoms. The Labute approximate surface area is 118 Å². The molecule has 0 aromatic heterocycles. The van der Waals surface area contributed by atoms with Gasteiger partial charge in [0.05, 0.1) is 16.8 Å². The molecule has 19 heavy (non-hydrogen) atoms. The van der Waals surface area contributed by atoms with Crippen LogP contribution in [0.15, 0.2) is 29.3 Å². The monoisotopic (exact) mass is 283 g/mol. The Hall–Kier alpha value is -1.62. The van der Waals surface area contributed by atoms with Gasteiger partial charge in [-0.2, -0.15) is 0 Å². The molecule has 0 fully saturated rings. The predicted molar refractivity (Wildman–Crippen MR) is 77.9 cm³/mol. The molecule has 104 valence electrons. The van der Waals surface area contributed by atoms with Crippen molar-refractivity contribution in [3.05, 3.63) is 39.9 Å². The molecule has 0 amide bonds. The lowest BCUT2D eigenvalue weighted by Crippen LogP contribution is -2.16. The summed E-state index contributed by atoms with van der Waals surface area (Å²) >= 11 is 0. The summed E-state index contributed by atoms with van der Waals surface area (Å²) < 4.78 is 0. The van der Waals surface area contributed by atoms with Crippen molar-refractivity contribution in [3.8, 4) is 0 Å². The first kappa shape index (κ1) is 15.4. The maximum absolute atomic E-state index is 10.9. The Balaban J connectivity index is 0.00000180. The number of rotatable bonds is 3. The van der Waals surface area contributed by atoms with Crippen molar-refractivity contribution >= 4 is 23.9 Å². The average molecular weight is 284 g/mol. The molecule has 1 aromatic carbocycles. The van der Waals surface area contributed by atoms with Gasteiger partial charge in [-0.15, -0.1) is 12.4 Å². The van der Waals surface area contributed by atoms with Crippen LogP contribution in [-0.4, -0.2) is 16.8 Å². The SMILES string of the molecule is Cl.NC1=NC(Cc2ccccc2[N+](=O)[O-])CCCC1. The highest BCUT2D eigenvalue weighted by atomic mass is 35.5. The fraction of sp³-hybridized carbons (Fsp3) is 0.462. The molecule has 0 saturated heterocycles. The van der Waals surface area contributed by atoms with Crippen molar-refractivity contribution in [1.82, 2.24) is 0 Å². The third kappa shape index (κ3) is 4.21. The van der Waals surface area contributed by atoms with Crippen LogP contribution in [0, 0.1) is 10.1 Å². The van der Waals surface area contributed by atoms with E-state index < -0.39 is 0 Å². The molecule has 1 heterocycles. The van der Waals surface area contributed by atoms with E-state index in [1.54, 1.807) is 18.2 Å². The first-order chi connectivity index (χ1) is 8.66. The van der Waals surface area contributed by atoms with Crippen molar-refractivity contribution in [2.45, 2.75) is 38.1 Å². The van der Waals surface area contributed by atoms with Crippen LogP contribution in [0.1, 0.15) is 31.2 Å². The summed E-state index contributed by atoms with van der Waals surface area (Å²) in [4.78, 5) is 15.1. The molecular formula is C13H18ClN3O2. The van der Waals surface area contributed by atoms with E-state index in [1.165, 1.54) is 0 Å². The van der Waals surface area contributed by atoms with Gasteiger partial charge in [0.2, 0.25) is 0 Å². The Morgan fingerprint density at radius 1 is 1.37 bits per heavy atom. The van der Waals surface area contributed by atoms with Crippen LogP contribution < -0.4 is 5.73 Å². The number of halogens is 1. The van der Waals surface area contributed by atoms with E-state index in [-0.39, 0.29) is 29.1 Å². The molecule has 1 atom stereocenters. The molecule has 6 heteroatoms. The van der Waals surface area contributed by atoms with E-state index in [2.05, 4.69) is 4.99 Å². The van der Waals surface area contributed by atoms with Crippen LogP contribution in [0.4, 0.5) is 5.69 Å². The largest absolute Gasteiger partial charge is 0.387 e. The third-order valence-corrected chi connectivity index (χ3v) is 3.21. The van der Waals surface area contributed by atoms with Gasteiger partial charge in [0.15, 0.2) is 0 Å². The van der Waals surface area contributed by atoms with Crippen molar-refractivity contribution in [3.63, 3.8) is 0 Å². The fourth-order valence-corrected chi connectivity index (χ4v) is 2.31. The average Bonchev–Trinajstić information content (AvgIpc) is 2.54. The number of benzene rings is 1. The van der Waals surface area contributed by atoms with E-state index in [9.17, 15) is 10.1 Å². The molecular weight excluding hydrogens is 266 g/mol. The zero-order chi connectivity index (χ0) is 13.0. The molecule has 1 aromatic rings. The number of nitro benzene ring substituents is 1. The van der Waals surface area contributed by atoms with Crippen LogP contribution in [0.25, 0.3) is 0 Å². The number of nitro groups is 1. The first-order valence-electron chi connectivity index (χ1n) is 6.21. The number of hydrogen-bond donors (Lipinski definition) is 1. The summed E-state index contributed by atoms with van der Waals surface area (Å²) in [6.07, 6.45) is 4.52. The molecule has 1 aliphatic rings. The van der Waals surface area contributed by atoms with Crippen LogP contribution >= 0.6 is 12.4 Å². The molecule has 5 nitrogen and oxygen atoms in total. The summed E-state index contributed by atoms with van der Waals surface area (Å²) in [5.74, 6) is 0.677. The first-order valence-corrected chi connectivity index (χ1v) is 6.21. The van der Waals surface area contributed by atoms with E-state index in [0.717, 1.165) is 31.2 Å². The second kappa shape index (κ2) is 7.09. The number of hydrogen-bond acceptors (Lipinski definition) is 4. The number of para-hydroxylation sites is 1. The molecule has 1 aliphatic heterocycles. The van der Waals surface area contributed by atoms with Crippen LogP contribution in [0.5, 0.6) is 0 Å². The summed E-state index contributed by atoms with van der Waals surface area (Å²) in [6, 6.07) is 6.93. The van der Waals surface area contributed by atoms with Crippen LogP contribution in [-0.2, 0) is 6.42 Å². The highest BCUT2D eigenvalue weighted by Gasteiger charge is 2.18. The molecule has 0 aliphatic carbocycles. The Morgan fingerprint density at radius 2 is 2.11 bits per heavy atom. The number of amidine groups is 1. The lowest BCUT2D eigenvalue weighted by Gasteiger charge is -2.10. The second-order valence-electron chi connectivity index (χ2n) is 4.61. The van der Waals surface area contributed by atoms with Gasteiger partial charge in [0, 0.05) is 24.5 Å². The maximum Gasteiger partial charge on any atom is 0.272 e. The van der Waals surface area contributed by atoms with E-state index >= 15 is 0 Å². The minimum Gasteiger partial charge on any atom is -0.387 e. The quantitative estimate of drug-likeness (QED) is 0.684. The fourth-order valence-electron chi connectivity index (χ4n) is 2.31.